The first-order valence-electron chi connectivity index (χ1n) is 25.7. The van der Waals surface area contributed by atoms with Crippen LogP contribution in [-0.4, -0.2) is 49.3 Å². The van der Waals surface area contributed by atoms with Crippen LogP contribution in [0.1, 0.15) is 264 Å². The Morgan fingerprint density at radius 3 is 1.18 bits per heavy atom. The predicted molar refractivity (Wildman–Crippen MR) is 252 cm³/mol. The van der Waals surface area contributed by atoms with E-state index in [1.54, 1.807) is 0 Å². The number of phosphoric acid groups is 1. The van der Waals surface area contributed by atoms with Crippen molar-refractivity contribution >= 4 is 19.8 Å². The van der Waals surface area contributed by atoms with E-state index in [0.29, 0.717) is 6.42 Å². The summed E-state index contributed by atoms with van der Waals surface area (Å²) in [6.45, 7) is 3.79. The largest absolute Gasteiger partial charge is 0.472 e. The number of carbonyl (C=O) groups excluding carboxylic acids is 2. The zero-order chi connectivity index (χ0) is 43.9. The summed E-state index contributed by atoms with van der Waals surface area (Å²) in [6.07, 6.45) is 51.1. The highest BCUT2D eigenvalue weighted by molar-refractivity contribution is 7.47. The lowest BCUT2D eigenvalue weighted by Crippen LogP contribution is -2.29. The fraction of sp³-hybridized carbons (Fsp3) is 0.920. The molecule has 0 aromatic heterocycles. The normalized spacial score (nSPS) is 13.2. The van der Waals surface area contributed by atoms with Crippen molar-refractivity contribution in [3.05, 3.63) is 12.2 Å². The van der Waals surface area contributed by atoms with Gasteiger partial charge in [-0.1, -0.05) is 225 Å². The van der Waals surface area contributed by atoms with E-state index >= 15 is 0 Å². The third kappa shape index (κ3) is 46.3. The van der Waals surface area contributed by atoms with Crippen molar-refractivity contribution in [2.75, 3.05) is 26.4 Å². The first-order valence-corrected chi connectivity index (χ1v) is 27.2. The summed E-state index contributed by atoms with van der Waals surface area (Å²) >= 11 is 0. The number of nitrogens with two attached hydrogens (primary N) is 1. The van der Waals surface area contributed by atoms with Crippen molar-refractivity contribution in [1.82, 2.24) is 0 Å². The van der Waals surface area contributed by atoms with Crippen LogP contribution in [-0.2, 0) is 32.7 Å². The number of esters is 2. The summed E-state index contributed by atoms with van der Waals surface area (Å²) in [5.74, 6) is -0.813. The van der Waals surface area contributed by atoms with E-state index in [0.717, 1.165) is 32.1 Å². The number of ether oxygens (including phenoxy) is 2. The molecule has 3 N–H and O–H groups in total. The van der Waals surface area contributed by atoms with Crippen LogP contribution in [0.4, 0.5) is 0 Å². The highest BCUT2D eigenvalue weighted by Crippen LogP contribution is 2.43. The molecule has 356 valence electrons. The molecule has 9 nitrogen and oxygen atoms in total. The first-order chi connectivity index (χ1) is 29.3. The standard InChI is InChI=1S/C50H98NO8P/c1-3-5-7-9-11-13-15-17-19-21-22-23-24-25-26-27-29-31-33-35-37-39-41-43-50(53)59-48(47-58-60(54,55)57-45-44-51)46-56-49(52)42-40-38-36-34-32-30-28-20-18-16-14-12-10-8-6-4-2/h21-22,48H,3-20,23-47,51H2,1-2H3,(H,54,55)/b22-21-. The number of phosphoric ester groups is 1. The zero-order valence-corrected chi connectivity index (χ0v) is 40.4. The van der Waals surface area contributed by atoms with E-state index in [9.17, 15) is 19.0 Å². The van der Waals surface area contributed by atoms with Crippen molar-refractivity contribution in [1.29, 1.82) is 0 Å². The van der Waals surface area contributed by atoms with Crippen LogP contribution in [0.15, 0.2) is 12.2 Å². The van der Waals surface area contributed by atoms with Gasteiger partial charge in [0.2, 0.25) is 0 Å². The number of hydrogen-bond donors (Lipinski definition) is 2. The molecular formula is C50H98NO8P. The Labute approximate surface area is 370 Å². The highest BCUT2D eigenvalue weighted by Gasteiger charge is 2.26. The van der Waals surface area contributed by atoms with Gasteiger partial charge in [0.25, 0.3) is 0 Å². The lowest BCUT2D eigenvalue weighted by atomic mass is 10.0. The van der Waals surface area contributed by atoms with Crippen molar-refractivity contribution < 1.29 is 37.6 Å². The molecule has 0 rings (SSSR count). The van der Waals surface area contributed by atoms with Gasteiger partial charge in [0.1, 0.15) is 6.61 Å². The van der Waals surface area contributed by atoms with Gasteiger partial charge in [-0.25, -0.2) is 4.57 Å². The molecule has 0 radical (unpaired) electrons. The van der Waals surface area contributed by atoms with Gasteiger partial charge in [-0.05, 0) is 38.5 Å². The molecule has 2 unspecified atom stereocenters. The molecule has 0 amide bonds. The summed E-state index contributed by atoms with van der Waals surface area (Å²) in [6, 6.07) is 0. The molecule has 0 aromatic rings. The van der Waals surface area contributed by atoms with Crippen LogP contribution in [0.3, 0.4) is 0 Å². The van der Waals surface area contributed by atoms with E-state index < -0.39 is 26.5 Å². The second kappa shape index (κ2) is 47.2. The van der Waals surface area contributed by atoms with Gasteiger partial charge in [-0.15, -0.1) is 0 Å². The fourth-order valence-corrected chi connectivity index (χ4v) is 8.34. The van der Waals surface area contributed by atoms with Crippen LogP contribution < -0.4 is 5.73 Å². The Morgan fingerprint density at radius 1 is 0.483 bits per heavy atom. The lowest BCUT2D eigenvalue weighted by molar-refractivity contribution is -0.161. The Hall–Kier alpha value is -1.25. The minimum Gasteiger partial charge on any atom is -0.462 e. The molecule has 60 heavy (non-hydrogen) atoms. The maximum Gasteiger partial charge on any atom is 0.472 e. The molecule has 0 fully saturated rings. The molecular weight excluding hydrogens is 774 g/mol. The molecule has 0 aliphatic heterocycles. The fourth-order valence-electron chi connectivity index (χ4n) is 7.57. The van der Waals surface area contributed by atoms with Crippen LogP contribution >= 0.6 is 7.82 Å². The van der Waals surface area contributed by atoms with Crippen molar-refractivity contribution in [3.8, 4) is 0 Å². The minimum atomic E-state index is -4.38. The van der Waals surface area contributed by atoms with E-state index in [2.05, 4.69) is 26.0 Å². The molecule has 10 heteroatoms. The summed E-state index contributed by atoms with van der Waals surface area (Å²) in [4.78, 5) is 35.0. The number of allylic oxidation sites excluding steroid dienone is 2. The van der Waals surface area contributed by atoms with Crippen molar-refractivity contribution in [3.63, 3.8) is 0 Å². The Kier molecular flexibility index (Phi) is 46.3. The third-order valence-electron chi connectivity index (χ3n) is 11.4. The molecule has 2 atom stereocenters. The molecule has 0 saturated carbocycles. The highest BCUT2D eigenvalue weighted by atomic mass is 31.2. The predicted octanol–water partition coefficient (Wildman–Crippen LogP) is 15.3. The lowest BCUT2D eigenvalue weighted by Gasteiger charge is -2.19. The zero-order valence-electron chi connectivity index (χ0n) is 39.5. The van der Waals surface area contributed by atoms with Gasteiger partial charge in [-0.2, -0.15) is 0 Å². The average molecular weight is 872 g/mol. The van der Waals surface area contributed by atoms with Gasteiger partial charge < -0.3 is 20.1 Å². The maximum absolute atomic E-state index is 12.6. The first kappa shape index (κ1) is 58.8. The maximum atomic E-state index is 12.6. The molecule has 0 spiro atoms. The van der Waals surface area contributed by atoms with Crippen LogP contribution in [0.5, 0.6) is 0 Å². The van der Waals surface area contributed by atoms with Gasteiger partial charge >= 0.3 is 19.8 Å². The summed E-state index contributed by atoms with van der Waals surface area (Å²) in [7, 11) is -4.38. The summed E-state index contributed by atoms with van der Waals surface area (Å²) in [5, 5.41) is 0. The molecule has 0 aliphatic carbocycles. The molecule has 0 heterocycles. The Morgan fingerprint density at radius 2 is 0.817 bits per heavy atom. The van der Waals surface area contributed by atoms with Crippen LogP contribution in [0.25, 0.3) is 0 Å². The van der Waals surface area contributed by atoms with E-state index in [1.165, 1.54) is 199 Å². The quantitative estimate of drug-likeness (QED) is 0.0265. The number of hydrogen-bond acceptors (Lipinski definition) is 8. The SMILES string of the molecule is CCCCCCCCCC/C=C\CCCCCCCCCCCCCC(=O)OC(COC(=O)CCCCCCCCCCCCCCCCCC)COP(=O)(O)OCCN. The van der Waals surface area contributed by atoms with Gasteiger partial charge in [0.15, 0.2) is 6.10 Å². The summed E-state index contributed by atoms with van der Waals surface area (Å²) < 4.78 is 32.9. The third-order valence-corrected chi connectivity index (χ3v) is 12.4. The van der Waals surface area contributed by atoms with Crippen molar-refractivity contribution in [2.45, 2.75) is 270 Å². The summed E-state index contributed by atoms with van der Waals surface area (Å²) in [5.41, 5.74) is 5.37. The topological polar surface area (TPSA) is 134 Å². The second-order valence-electron chi connectivity index (χ2n) is 17.4. The van der Waals surface area contributed by atoms with Gasteiger partial charge in [0.05, 0.1) is 13.2 Å². The van der Waals surface area contributed by atoms with Crippen LogP contribution in [0, 0.1) is 0 Å². The van der Waals surface area contributed by atoms with Crippen LogP contribution in [0.2, 0.25) is 0 Å². The van der Waals surface area contributed by atoms with E-state index in [-0.39, 0.29) is 38.6 Å². The second-order valence-corrected chi connectivity index (χ2v) is 18.9. The van der Waals surface area contributed by atoms with Crippen molar-refractivity contribution in [2.24, 2.45) is 5.73 Å². The molecule has 0 aliphatic rings. The minimum absolute atomic E-state index is 0.0566. The number of rotatable bonds is 49. The van der Waals surface area contributed by atoms with E-state index in [1.807, 2.05) is 0 Å². The van der Waals surface area contributed by atoms with Gasteiger partial charge in [0, 0.05) is 19.4 Å². The Bertz CT molecular complexity index is 995. The molecule has 0 aromatic carbocycles. The molecule has 0 saturated heterocycles. The average Bonchev–Trinajstić information content (AvgIpc) is 3.24. The smallest absolute Gasteiger partial charge is 0.462 e. The monoisotopic (exact) mass is 872 g/mol. The molecule has 0 bridgehead atoms. The number of unbranched alkanes of at least 4 members (excludes halogenated alkanes) is 34. The Balaban J connectivity index is 3.99. The van der Waals surface area contributed by atoms with E-state index in [4.69, 9.17) is 24.3 Å². The van der Waals surface area contributed by atoms with Gasteiger partial charge in [-0.3, -0.25) is 18.6 Å². The number of carbonyl (C=O) groups is 2.